The van der Waals surface area contributed by atoms with Crippen LogP contribution >= 0.6 is 11.6 Å². The SMILES string of the molecule is Cc1ccc(S(=O)(=O)N(Cc2ccc(Cl)cc2)c2ccccc2C(=O)N[C@@H](C)c2ccc(C(C)(C)C)cc2)cc1. The van der Waals surface area contributed by atoms with Gasteiger partial charge >= 0.3 is 0 Å². The fraction of sp³-hybridized carbons (Fsp3) is 0.242. The number of para-hydroxylation sites is 1. The Balaban J connectivity index is 1.70. The summed E-state index contributed by atoms with van der Waals surface area (Å²) in [5, 5.41) is 3.61. The molecule has 0 unspecified atom stereocenters. The van der Waals surface area contributed by atoms with Gasteiger partial charge in [0, 0.05) is 5.02 Å². The van der Waals surface area contributed by atoms with E-state index >= 15 is 0 Å². The molecule has 0 aliphatic heterocycles. The Bertz CT molecular complexity index is 1580. The topological polar surface area (TPSA) is 66.5 Å². The van der Waals surface area contributed by atoms with Crippen LogP contribution in [0.3, 0.4) is 0 Å². The first-order valence-corrected chi connectivity index (χ1v) is 15.0. The molecule has 0 heterocycles. The molecule has 0 saturated heterocycles. The number of benzene rings is 4. The number of rotatable bonds is 8. The number of hydrogen-bond donors (Lipinski definition) is 1. The molecule has 208 valence electrons. The summed E-state index contributed by atoms with van der Waals surface area (Å²) in [6, 6.07) is 28.4. The lowest BCUT2D eigenvalue weighted by atomic mass is 9.86. The van der Waals surface area contributed by atoms with Crippen LogP contribution in [0.5, 0.6) is 0 Å². The minimum Gasteiger partial charge on any atom is -0.345 e. The average Bonchev–Trinajstić information content (AvgIpc) is 2.92. The predicted molar refractivity (Wildman–Crippen MR) is 163 cm³/mol. The number of halogens is 1. The highest BCUT2D eigenvalue weighted by Gasteiger charge is 2.29. The first-order chi connectivity index (χ1) is 18.9. The summed E-state index contributed by atoms with van der Waals surface area (Å²) in [6.07, 6.45) is 0. The molecule has 7 heteroatoms. The Morgan fingerprint density at radius 2 is 1.48 bits per heavy atom. The van der Waals surface area contributed by atoms with Crippen LogP contribution in [0, 0.1) is 6.92 Å². The van der Waals surface area contributed by atoms with Crippen molar-refractivity contribution in [2.75, 3.05) is 4.31 Å². The van der Waals surface area contributed by atoms with E-state index in [0.717, 1.165) is 16.7 Å². The maximum absolute atomic E-state index is 14.0. The molecule has 0 saturated carbocycles. The van der Waals surface area contributed by atoms with Gasteiger partial charge in [0.1, 0.15) is 0 Å². The summed E-state index contributed by atoms with van der Waals surface area (Å²) in [4.78, 5) is 13.8. The second kappa shape index (κ2) is 11.9. The van der Waals surface area contributed by atoms with Crippen LogP contribution in [0.15, 0.2) is 102 Å². The highest BCUT2D eigenvalue weighted by Crippen LogP contribution is 2.31. The molecule has 5 nitrogen and oxygen atoms in total. The van der Waals surface area contributed by atoms with Crippen LogP contribution in [0.25, 0.3) is 0 Å². The Labute approximate surface area is 242 Å². The van der Waals surface area contributed by atoms with Crippen LogP contribution in [0.4, 0.5) is 5.69 Å². The molecule has 0 aromatic heterocycles. The summed E-state index contributed by atoms with van der Waals surface area (Å²) in [6.45, 7) is 10.3. The summed E-state index contributed by atoms with van der Waals surface area (Å²) in [5.74, 6) is -0.358. The smallest absolute Gasteiger partial charge is 0.264 e. The minimum absolute atomic E-state index is 0.0282. The van der Waals surface area contributed by atoms with E-state index in [9.17, 15) is 13.2 Å². The molecule has 1 atom stereocenters. The van der Waals surface area contributed by atoms with Crippen molar-refractivity contribution < 1.29 is 13.2 Å². The van der Waals surface area contributed by atoms with Crippen LogP contribution in [-0.4, -0.2) is 14.3 Å². The van der Waals surface area contributed by atoms with Gasteiger partial charge in [-0.1, -0.05) is 98.6 Å². The van der Waals surface area contributed by atoms with Crippen molar-refractivity contribution in [3.8, 4) is 0 Å². The maximum atomic E-state index is 14.0. The molecule has 0 spiro atoms. The highest BCUT2D eigenvalue weighted by atomic mass is 35.5. The van der Waals surface area contributed by atoms with Crippen LogP contribution in [-0.2, 0) is 22.0 Å². The molecule has 0 aliphatic carbocycles. The van der Waals surface area contributed by atoms with Gasteiger partial charge in [-0.05, 0) is 72.4 Å². The number of nitrogens with zero attached hydrogens (tertiary/aromatic N) is 1. The van der Waals surface area contributed by atoms with Gasteiger partial charge in [-0.3, -0.25) is 9.10 Å². The van der Waals surface area contributed by atoms with Crippen LogP contribution in [0.2, 0.25) is 5.02 Å². The van der Waals surface area contributed by atoms with E-state index in [2.05, 4.69) is 38.2 Å². The highest BCUT2D eigenvalue weighted by molar-refractivity contribution is 7.92. The van der Waals surface area contributed by atoms with Crippen molar-refractivity contribution in [1.29, 1.82) is 0 Å². The van der Waals surface area contributed by atoms with Crippen molar-refractivity contribution >= 4 is 33.2 Å². The van der Waals surface area contributed by atoms with E-state index in [1.165, 1.54) is 9.87 Å². The van der Waals surface area contributed by atoms with Gasteiger partial charge in [0.15, 0.2) is 0 Å². The first-order valence-electron chi connectivity index (χ1n) is 13.2. The van der Waals surface area contributed by atoms with Gasteiger partial charge in [0.25, 0.3) is 15.9 Å². The molecule has 0 aliphatic rings. The number of carbonyl (C=O) groups excluding carboxylic acids is 1. The van der Waals surface area contributed by atoms with Crippen LogP contribution in [0.1, 0.15) is 66.3 Å². The van der Waals surface area contributed by atoms with E-state index in [-0.39, 0.29) is 34.4 Å². The Morgan fingerprint density at radius 1 is 0.875 bits per heavy atom. The second-order valence-electron chi connectivity index (χ2n) is 11.0. The fourth-order valence-electron chi connectivity index (χ4n) is 4.41. The molecular weight excluding hydrogens is 540 g/mol. The van der Waals surface area contributed by atoms with Crippen molar-refractivity contribution in [3.05, 3.63) is 130 Å². The number of nitrogens with one attached hydrogen (secondary N) is 1. The van der Waals surface area contributed by atoms with Gasteiger partial charge in [0.05, 0.1) is 28.7 Å². The molecule has 4 rings (SSSR count). The standard InChI is InChI=1S/C33H35ClN2O3S/c1-23-10-20-29(21-11-23)40(38,39)36(22-25-12-18-28(34)19-13-25)31-9-7-6-8-30(31)32(37)35-24(2)26-14-16-27(17-15-26)33(3,4)5/h6-21,24H,22H2,1-5H3,(H,35,37)/t24-/m0/s1. The van der Waals surface area contributed by atoms with E-state index in [1.54, 1.807) is 72.8 Å². The molecule has 1 N–H and O–H groups in total. The molecule has 4 aromatic carbocycles. The van der Waals surface area contributed by atoms with Gasteiger partial charge in [-0.2, -0.15) is 0 Å². The molecule has 1 amide bonds. The normalized spacial score (nSPS) is 12.6. The van der Waals surface area contributed by atoms with Crippen LogP contribution < -0.4 is 9.62 Å². The average molecular weight is 575 g/mol. The Morgan fingerprint density at radius 3 is 2.08 bits per heavy atom. The van der Waals surface area contributed by atoms with Crippen molar-refractivity contribution in [2.24, 2.45) is 0 Å². The Kier molecular flexibility index (Phi) is 8.71. The van der Waals surface area contributed by atoms with E-state index in [0.29, 0.717) is 10.7 Å². The zero-order chi connectivity index (χ0) is 29.1. The summed E-state index contributed by atoms with van der Waals surface area (Å²) < 4.78 is 29.3. The molecular formula is C33H35ClN2O3S. The monoisotopic (exact) mass is 574 g/mol. The lowest BCUT2D eigenvalue weighted by Crippen LogP contribution is -2.34. The third-order valence-electron chi connectivity index (χ3n) is 6.89. The lowest BCUT2D eigenvalue weighted by Gasteiger charge is -2.27. The second-order valence-corrected chi connectivity index (χ2v) is 13.3. The molecule has 0 bridgehead atoms. The molecule has 4 aromatic rings. The fourth-order valence-corrected chi connectivity index (χ4v) is 6.00. The number of sulfonamides is 1. The quantitative estimate of drug-likeness (QED) is 0.233. The third-order valence-corrected chi connectivity index (χ3v) is 8.92. The summed E-state index contributed by atoms with van der Waals surface area (Å²) in [5.41, 5.74) is 4.45. The summed E-state index contributed by atoms with van der Waals surface area (Å²) >= 11 is 6.08. The van der Waals surface area contributed by atoms with E-state index in [4.69, 9.17) is 11.6 Å². The number of aryl methyl sites for hydroxylation is 1. The maximum Gasteiger partial charge on any atom is 0.264 e. The largest absolute Gasteiger partial charge is 0.345 e. The van der Waals surface area contributed by atoms with Crippen molar-refractivity contribution in [3.63, 3.8) is 0 Å². The first kappa shape index (κ1) is 29.4. The molecule has 0 radical (unpaired) electrons. The van der Waals surface area contributed by atoms with E-state index < -0.39 is 10.0 Å². The van der Waals surface area contributed by atoms with Crippen molar-refractivity contribution in [1.82, 2.24) is 5.32 Å². The van der Waals surface area contributed by atoms with E-state index in [1.807, 2.05) is 26.0 Å². The number of amides is 1. The van der Waals surface area contributed by atoms with Gasteiger partial charge < -0.3 is 5.32 Å². The molecule has 40 heavy (non-hydrogen) atoms. The van der Waals surface area contributed by atoms with Gasteiger partial charge in [0.2, 0.25) is 0 Å². The van der Waals surface area contributed by atoms with Gasteiger partial charge in [-0.25, -0.2) is 8.42 Å². The minimum atomic E-state index is -4.01. The van der Waals surface area contributed by atoms with Crippen molar-refractivity contribution in [2.45, 2.75) is 57.5 Å². The zero-order valence-corrected chi connectivity index (χ0v) is 25.1. The number of carbonyl (C=O) groups is 1. The van der Waals surface area contributed by atoms with Gasteiger partial charge in [-0.15, -0.1) is 0 Å². The third kappa shape index (κ3) is 6.75. The zero-order valence-electron chi connectivity index (χ0n) is 23.5. The molecule has 0 fully saturated rings. The summed E-state index contributed by atoms with van der Waals surface area (Å²) in [7, 11) is -4.01. The lowest BCUT2D eigenvalue weighted by molar-refractivity contribution is 0.0940. The number of anilines is 1. The Hall–Kier alpha value is -3.61. The number of hydrogen-bond acceptors (Lipinski definition) is 3. The predicted octanol–water partition coefficient (Wildman–Crippen LogP) is 7.83.